The maximum atomic E-state index is 13.8. The lowest BCUT2D eigenvalue weighted by molar-refractivity contribution is -0.124. The molecule has 5 rings (SSSR count). The second kappa shape index (κ2) is 10.1. The predicted octanol–water partition coefficient (Wildman–Crippen LogP) is 3.96. The number of nitrogens with zero attached hydrogens (tertiary/aromatic N) is 5. The molecule has 3 aromatic heterocycles. The summed E-state index contributed by atoms with van der Waals surface area (Å²) in [6.45, 7) is 6.31. The summed E-state index contributed by atoms with van der Waals surface area (Å²) in [4.78, 5) is 26.9. The van der Waals surface area contributed by atoms with Gasteiger partial charge in [0.15, 0.2) is 5.82 Å². The van der Waals surface area contributed by atoms with Crippen LogP contribution in [-0.4, -0.2) is 36.6 Å². The van der Waals surface area contributed by atoms with Crippen molar-refractivity contribution in [1.82, 2.24) is 29.4 Å². The zero-order valence-corrected chi connectivity index (χ0v) is 21.0. The third-order valence-corrected chi connectivity index (χ3v) is 6.18. The predicted molar refractivity (Wildman–Crippen MR) is 141 cm³/mol. The van der Waals surface area contributed by atoms with Crippen LogP contribution in [-0.2, 0) is 11.3 Å². The van der Waals surface area contributed by atoms with Crippen molar-refractivity contribution in [2.24, 2.45) is 0 Å². The smallest absolute Gasteiger partial charge is 0.280 e. The average molecular weight is 497 g/mol. The number of hydrogen-bond acceptors (Lipinski definition) is 5. The Morgan fingerprint density at radius 1 is 1.00 bits per heavy atom. The van der Waals surface area contributed by atoms with Crippen molar-refractivity contribution in [2.75, 3.05) is 6.61 Å². The molecule has 188 valence electrons. The number of amides is 1. The van der Waals surface area contributed by atoms with Crippen molar-refractivity contribution in [2.45, 2.75) is 33.4 Å². The van der Waals surface area contributed by atoms with Gasteiger partial charge >= 0.3 is 0 Å². The van der Waals surface area contributed by atoms with E-state index in [-0.39, 0.29) is 11.5 Å². The second-order valence-corrected chi connectivity index (χ2v) is 8.69. The largest absolute Gasteiger partial charge is 0.494 e. The number of carbonyl (C=O) groups excluding carboxylic acids is 1. The summed E-state index contributed by atoms with van der Waals surface area (Å²) < 4.78 is 10.3. The Morgan fingerprint density at radius 2 is 1.70 bits per heavy atom. The van der Waals surface area contributed by atoms with Gasteiger partial charge in [0.25, 0.3) is 5.56 Å². The van der Waals surface area contributed by atoms with E-state index in [4.69, 9.17) is 9.84 Å². The van der Waals surface area contributed by atoms with Crippen LogP contribution in [0.2, 0.25) is 0 Å². The van der Waals surface area contributed by atoms with Crippen molar-refractivity contribution in [3.05, 3.63) is 101 Å². The fraction of sp³-hybridized carbons (Fsp3) is 0.214. The number of para-hydroxylation sites is 1. The first kappa shape index (κ1) is 24.1. The minimum Gasteiger partial charge on any atom is -0.494 e. The van der Waals surface area contributed by atoms with Crippen molar-refractivity contribution < 1.29 is 9.53 Å². The summed E-state index contributed by atoms with van der Waals surface area (Å²) in [5.74, 6) is 1.07. The van der Waals surface area contributed by atoms with Crippen LogP contribution in [0.1, 0.15) is 31.1 Å². The number of hydrogen-bond donors (Lipinski definition) is 1. The quantitative estimate of drug-likeness (QED) is 0.351. The fourth-order valence-electron chi connectivity index (χ4n) is 4.27. The standard InChI is InChI=1S/C28H28N6O3/c1-4-37-23-14-12-21(13-15-23)18-29-26(35)20(3)33-28(36)24-25(19(2)30-33)31-34(22-10-6-5-7-11-22)27(24)32-16-8-9-17-32/h5-17,20H,4,18H2,1-3H3,(H,29,35)/t20-/m1/s1. The number of benzene rings is 2. The molecule has 0 saturated carbocycles. The summed E-state index contributed by atoms with van der Waals surface area (Å²) in [5.41, 5.74) is 2.42. The lowest BCUT2D eigenvalue weighted by Crippen LogP contribution is -2.37. The maximum absolute atomic E-state index is 13.8. The highest BCUT2D eigenvalue weighted by atomic mass is 16.5. The van der Waals surface area contributed by atoms with E-state index in [9.17, 15) is 9.59 Å². The Hall–Kier alpha value is -4.66. The Kier molecular flexibility index (Phi) is 6.59. The molecule has 1 amide bonds. The highest BCUT2D eigenvalue weighted by Crippen LogP contribution is 2.25. The van der Waals surface area contributed by atoms with Gasteiger partial charge in [-0.05, 0) is 62.7 Å². The number of carbonyl (C=O) groups is 1. The van der Waals surface area contributed by atoms with Gasteiger partial charge in [0, 0.05) is 18.9 Å². The third kappa shape index (κ3) is 4.63. The van der Waals surface area contributed by atoms with Crippen molar-refractivity contribution in [1.29, 1.82) is 0 Å². The highest BCUT2D eigenvalue weighted by molar-refractivity contribution is 5.88. The molecule has 5 aromatic rings. The van der Waals surface area contributed by atoms with Gasteiger partial charge in [-0.3, -0.25) is 9.59 Å². The molecule has 9 heteroatoms. The molecule has 0 aliphatic carbocycles. The lowest BCUT2D eigenvalue weighted by atomic mass is 10.2. The molecule has 0 radical (unpaired) electrons. The Morgan fingerprint density at radius 3 is 2.38 bits per heavy atom. The summed E-state index contributed by atoms with van der Waals surface area (Å²) in [5, 5.41) is 12.5. The molecule has 1 N–H and O–H groups in total. The topological polar surface area (TPSA) is 96.0 Å². The molecule has 9 nitrogen and oxygen atoms in total. The van der Waals surface area contributed by atoms with Crippen molar-refractivity contribution in [3.8, 4) is 17.3 Å². The molecule has 0 aliphatic heterocycles. The summed E-state index contributed by atoms with van der Waals surface area (Å²) in [7, 11) is 0. The number of aryl methyl sites for hydroxylation is 1. The van der Waals surface area contributed by atoms with Crippen LogP contribution in [0.3, 0.4) is 0 Å². The van der Waals surface area contributed by atoms with Gasteiger partial charge in [-0.1, -0.05) is 30.3 Å². The van der Waals surface area contributed by atoms with Crippen molar-refractivity contribution >= 4 is 16.8 Å². The van der Waals surface area contributed by atoms with Gasteiger partial charge in [0.1, 0.15) is 22.7 Å². The molecule has 1 atom stereocenters. The molecule has 0 bridgehead atoms. The van der Waals surface area contributed by atoms with Crippen LogP contribution in [0, 0.1) is 6.92 Å². The number of aromatic nitrogens is 5. The molecule has 3 heterocycles. The summed E-state index contributed by atoms with van der Waals surface area (Å²) in [6, 6.07) is 20.1. The van der Waals surface area contributed by atoms with E-state index in [0.717, 1.165) is 17.0 Å². The Balaban J connectivity index is 1.51. The summed E-state index contributed by atoms with van der Waals surface area (Å²) >= 11 is 0. The van der Waals surface area contributed by atoms with E-state index in [0.29, 0.717) is 35.6 Å². The van der Waals surface area contributed by atoms with E-state index in [1.165, 1.54) is 4.68 Å². The van der Waals surface area contributed by atoms with Crippen LogP contribution in [0.5, 0.6) is 5.75 Å². The minimum absolute atomic E-state index is 0.305. The van der Waals surface area contributed by atoms with Gasteiger partial charge in [-0.2, -0.15) is 10.2 Å². The first-order valence-corrected chi connectivity index (χ1v) is 12.2. The van der Waals surface area contributed by atoms with E-state index >= 15 is 0 Å². The van der Waals surface area contributed by atoms with Gasteiger partial charge in [0.2, 0.25) is 5.91 Å². The van der Waals surface area contributed by atoms with Crippen molar-refractivity contribution in [3.63, 3.8) is 0 Å². The molecule has 0 spiro atoms. The number of fused-ring (bicyclic) bond motifs is 1. The van der Waals surface area contributed by atoms with Crippen LogP contribution in [0.15, 0.2) is 83.9 Å². The van der Waals surface area contributed by atoms with Crippen LogP contribution in [0.4, 0.5) is 0 Å². The van der Waals surface area contributed by atoms with Gasteiger partial charge in [0.05, 0.1) is 18.0 Å². The fourth-order valence-corrected chi connectivity index (χ4v) is 4.27. The van der Waals surface area contributed by atoms with Gasteiger partial charge < -0.3 is 14.6 Å². The number of nitrogens with one attached hydrogen (secondary N) is 1. The maximum Gasteiger partial charge on any atom is 0.280 e. The zero-order chi connectivity index (χ0) is 25.9. The monoisotopic (exact) mass is 496 g/mol. The van der Waals surface area contributed by atoms with E-state index < -0.39 is 6.04 Å². The highest BCUT2D eigenvalue weighted by Gasteiger charge is 2.25. The number of rotatable bonds is 8. The molecular weight excluding hydrogens is 468 g/mol. The minimum atomic E-state index is -0.823. The van der Waals surface area contributed by atoms with Crippen LogP contribution in [0.25, 0.3) is 22.4 Å². The average Bonchev–Trinajstić information content (AvgIpc) is 3.59. The number of ether oxygens (including phenoxy) is 1. The normalized spacial score (nSPS) is 12.0. The van der Waals surface area contributed by atoms with Gasteiger partial charge in [-0.15, -0.1) is 0 Å². The van der Waals surface area contributed by atoms with E-state index in [1.807, 2.05) is 90.6 Å². The molecule has 37 heavy (non-hydrogen) atoms. The third-order valence-electron chi connectivity index (χ3n) is 6.18. The lowest BCUT2D eigenvalue weighted by Gasteiger charge is -2.15. The Labute approximate surface area is 213 Å². The van der Waals surface area contributed by atoms with E-state index in [1.54, 1.807) is 18.5 Å². The molecule has 0 saturated heterocycles. The van der Waals surface area contributed by atoms with Crippen LogP contribution < -0.4 is 15.6 Å². The first-order chi connectivity index (χ1) is 18.0. The first-order valence-electron chi connectivity index (χ1n) is 12.2. The van der Waals surface area contributed by atoms with E-state index in [2.05, 4.69) is 10.4 Å². The van der Waals surface area contributed by atoms with Gasteiger partial charge in [-0.25, -0.2) is 9.36 Å². The molecule has 0 fully saturated rings. The second-order valence-electron chi connectivity index (χ2n) is 8.69. The van der Waals surface area contributed by atoms with Crippen LogP contribution >= 0.6 is 0 Å². The Bertz CT molecular complexity index is 1590. The summed E-state index contributed by atoms with van der Waals surface area (Å²) in [6.07, 6.45) is 3.73. The molecule has 0 unspecified atom stereocenters. The zero-order valence-electron chi connectivity index (χ0n) is 21.0. The SMILES string of the molecule is CCOc1ccc(CNC(=O)[C@@H](C)n2nc(C)c3nn(-c4ccccc4)c(-n4cccc4)c3c2=O)cc1. The molecule has 0 aliphatic rings. The molecular formula is C28H28N6O3. The molecule has 2 aromatic carbocycles.